The molecular weight excluding hydrogens is 459 g/mol. The number of sulfonamides is 1. The van der Waals surface area contributed by atoms with Crippen molar-refractivity contribution in [2.24, 2.45) is 0 Å². The molecule has 1 unspecified atom stereocenters. The lowest BCUT2D eigenvalue weighted by molar-refractivity contribution is -0.119. The van der Waals surface area contributed by atoms with Gasteiger partial charge >= 0.3 is 0 Å². The maximum absolute atomic E-state index is 13.2. The van der Waals surface area contributed by atoms with Gasteiger partial charge in [-0.15, -0.1) is 11.3 Å². The van der Waals surface area contributed by atoms with Crippen molar-refractivity contribution in [1.29, 1.82) is 0 Å². The van der Waals surface area contributed by atoms with Gasteiger partial charge in [-0.3, -0.25) is 4.79 Å². The molecule has 0 radical (unpaired) electrons. The molecule has 1 aliphatic heterocycles. The van der Waals surface area contributed by atoms with E-state index in [0.717, 1.165) is 37.6 Å². The summed E-state index contributed by atoms with van der Waals surface area (Å²) in [7, 11) is -3.91. The van der Waals surface area contributed by atoms with Crippen molar-refractivity contribution in [3.63, 3.8) is 0 Å². The molecule has 7 nitrogen and oxygen atoms in total. The summed E-state index contributed by atoms with van der Waals surface area (Å²) in [6, 6.07) is 7.63. The number of aromatic nitrogens is 2. The molecule has 3 heterocycles. The summed E-state index contributed by atoms with van der Waals surface area (Å²) in [5.41, 5.74) is 1.60. The molecule has 5 rings (SSSR count). The number of carbonyl (C=O) groups is 1. The molecule has 1 N–H and O–H groups in total. The van der Waals surface area contributed by atoms with Crippen molar-refractivity contribution >= 4 is 64.2 Å². The summed E-state index contributed by atoms with van der Waals surface area (Å²) in [5, 5.41) is 4.14. The third kappa shape index (κ3) is 3.61. The SMILES string of the molecule is Cc1nc2c(ccc3nc(NC(=O)C4CCCN4S(=O)(=O)c4ccc(F)cc4)sc32)s1. The fourth-order valence-corrected chi connectivity index (χ4v) is 7.28. The summed E-state index contributed by atoms with van der Waals surface area (Å²) >= 11 is 2.92. The van der Waals surface area contributed by atoms with Gasteiger partial charge in [0.2, 0.25) is 15.9 Å². The number of rotatable bonds is 4. The molecule has 11 heteroatoms. The number of hydrogen-bond acceptors (Lipinski definition) is 7. The number of amides is 1. The topological polar surface area (TPSA) is 92.3 Å². The van der Waals surface area contributed by atoms with E-state index in [1.54, 1.807) is 11.3 Å². The average molecular weight is 477 g/mol. The molecule has 0 aliphatic carbocycles. The highest BCUT2D eigenvalue weighted by molar-refractivity contribution is 7.89. The van der Waals surface area contributed by atoms with Gasteiger partial charge in [-0.1, -0.05) is 11.3 Å². The van der Waals surface area contributed by atoms with Crippen LogP contribution in [0.3, 0.4) is 0 Å². The molecule has 2 aromatic carbocycles. The van der Waals surface area contributed by atoms with Crippen molar-refractivity contribution in [2.75, 3.05) is 11.9 Å². The van der Waals surface area contributed by atoms with Crippen LogP contribution < -0.4 is 5.32 Å². The summed E-state index contributed by atoms with van der Waals surface area (Å²) < 4.78 is 42.3. The number of benzene rings is 2. The van der Waals surface area contributed by atoms with Crippen molar-refractivity contribution < 1.29 is 17.6 Å². The number of nitrogens with one attached hydrogen (secondary N) is 1. The first-order chi connectivity index (χ1) is 14.8. The van der Waals surface area contributed by atoms with E-state index in [9.17, 15) is 17.6 Å². The normalized spacial score (nSPS) is 17.5. The fourth-order valence-electron chi connectivity index (χ4n) is 3.76. The highest BCUT2D eigenvalue weighted by Crippen LogP contribution is 2.35. The van der Waals surface area contributed by atoms with E-state index < -0.39 is 27.8 Å². The van der Waals surface area contributed by atoms with E-state index in [1.165, 1.54) is 27.8 Å². The summed E-state index contributed by atoms with van der Waals surface area (Å²) in [4.78, 5) is 22.0. The van der Waals surface area contributed by atoms with E-state index in [-0.39, 0.29) is 11.4 Å². The Bertz CT molecular complexity index is 1410. The number of nitrogens with zero attached hydrogens (tertiary/aromatic N) is 3. The zero-order valence-corrected chi connectivity index (χ0v) is 18.8. The van der Waals surface area contributed by atoms with Gasteiger partial charge in [-0.2, -0.15) is 4.31 Å². The quantitative estimate of drug-likeness (QED) is 0.478. The number of aryl methyl sites for hydroxylation is 1. The summed E-state index contributed by atoms with van der Waals surface area (Å²) in [5.74, 6) is -0.942. The second kappa shape index (κ2) is 7.59. The van der Waals surface area contributed by atoms with Crippen LogP contribution in [0.1, 0.15) is 17.8 Å². The minimum Gasteiger partial charge on any atom is -0.301 e. The zero-order chi connectivity index (χ0) is 21.8. The van der Waals surface area contributed by atoms with Crippen LogP contribution in [0.5, 0.6) is 0 Å². The number of fused-ring (bicyclic) bond motifs is 3. The van der Waals surface area contributed by atoms with Crippen LogP contribution >= 0.6 is 22.7 Å². The van der Waals surface area contributed by atoms with Crippen LogP contribution in [-0.4, -0.2) is 41.2 Å². The molecule has 1 aliphatic rings. The van der Waals surface area contributed by atoms with E-state index >= 15 is 0 Å². The Balaban J connectivity index is 1.42. The predicted molar refractivity (Wildman–Crippen MR) is 119 cm³/mol. The van der Waals surface area contributed by atoms with Crippen molar-refractivity contribution in [2.45, 2.75) is 30.7 Å². The van der Waals surface area contributed by atoms with Gasteiger partial charge in [-0.05, 0) is 56.2 Å². The molecule has 0 spiro atoms. The lowest BCUT2D eigenvalue weighted by Gasteiger charge is -2.23. The van der Waals surface area contributed by atoms with Crippen molar-refractivity contribution in [3.8, 4) is 0 Å². The first kappa shape index (κ1) is 20.4. The number of hydrogen-bond donors (Lipinski definition) is 1. The Labute approximate surface area is 185 Å². The third-order valence-corrected chi connectivity index (χ3v) is 9.03. The van der Waals surface area contributed by atoms with Crippen LogP contribution in [-0.2, 0) is 14.8 Å². The van der Waals surface area contributed by atoms with Gasteiger partial charge in [0, 0.05) is 6.54 Å². The lowest BCUT2D eigenvalue weighted by atomic mass is 10.2. The highest BCUT2D eigenvalue weighted by atomic mass is 32.2. The number of carbonyl (C=O) groups excluding carboxylic acids is 1. The number of thiazole rings is 2. The van der Waals surface area contributed by atoms with E-state index in [1.807, 2.05) is 19.1 Å². The van der Waals surface area contributed by atoms with Crippen molar-refractivity contribution in [1.82, 2.24) is 14.3 Å². The Kier molecular flexibility index (Phi) is 5.00. The zero-order valence-electron chi connectivity index (χ0n) is 16.3. The van der Waals surface area contributed by atoms with Crippen LogP contribution in [0.25, 0.3) is 20.4 Å². The monoisotopic (exact) mass is 476 g/mol. The molecule has 0 saturated carbocycles. The molecule has 2 aromatic heterocycles. The van der Waals surface area contributed by atoms with Crippen LogP contribution in [0.2, 0.25) is 0 Å². The number of halogens is 1. The molecule has 160 valence electrons. The smallest absolute Gasteiger partial charge is 0.244 e. The number of anilines is 1. The molecule has 31 heavy (non-hydrogen) atoms. The van der Waals surface area contributed by atoms with Crippen LogP contribution in [0.4, 0.5) is 9.52 Å². The molecule has 4 aromatic rings. The third-order valence-electron chi connectivity index (χ3n) is 5.18. The van der Waals surface area contributed by atoms with Gasteiger partial charge in [0.05, 0.1) is 24.8 Å². The molecule has 1 amide bonds. The Morgan fingerprint density at radius 1 is 1.16 bits per heavy atom. The Hall–Kier alpha value is -2.47. The van der Waals surface area contributed by atoms with Gasteiger partial charge in [0.15, 0.2) is 5.13 Å². The summed E-state index contributed by atoms with van der Waals surface area (Å²) in [6.07, 6.45) is 0.976. The average Bonchev–Trinajstić information content (AvgIpc) is 3.44. The molecule has 0 bridgehead atoms. The Morgan fingerprint density at radius 3 is 2.71 bits per heavy atom. The first-order valence-corrected chi connectivity index (χ1v) is 12.7. The van der Waals surface area contributed by atoms with Gasteiger partial charge in [0.25, 0.3) is 0 Å². The van der Waals surface area contributed by atoms with Gasteiger partial charge < -0.3 is 5.32 Å². The predicted octanol–water partition coefficient (Wildman–Crippen LogP) is 4.15. The van der Waals surface area contributed by atoms with Crippen LogP contribution in [0.15, 0.2) is 41.3 Å². The lowest BCUT2D eigenvalue weighted by Crippen LogP contribution is -2.43. The maximum Gasteiger partial charge on any atom is 0.244 e. The molecular formula is C20H17FN4O3S3. The molecule has 1 saturated heterocycles. The maximum atomic E-state index is 13.2. The fraction of sp³-hybridized carbons (Fsp3) is 0.250. The first-order valence-electron chi connectivity index (χ1n) is 9.58. The van der Waals surface area contributed by atoms with Crippen molar-refractivity contribution in [3.05, 3.63) is 47.2 Å². The highest BCUT2D eigenvalue weighted by Gasteiger charge is 2.39. The standard InChI is InChI=1S/C20H17FN4O3S3/c1-11-22-17-16(29-11)9-8-14-18(17)30-20(23-14)24-19(26)15-3-2-10-25(15)31(27,28)13-6-4-12(21)5-7-13/h4-9,15H,2-3,10H2,1H3,(H,23,24,26). The van der Waals surface area contributed by atoms with E-state index in [4.69, 9.17) is 0 Å². The molecule has 1 atom stereocenters. The second-order valence-electron chi connectivity index (χ2n) is 7.23. The Morgan fingerprint density at radius 2 is 1.94 bits per heavy atom. The van der Waals surface area contributed by atoms with E-state index in [2.05, 4.69) is 15.3 Å². The van der Waals surface area contributed by atoms with E-state index in [0.29, 0.717) is 18.0 Å². The summed E-state index contributed by atoms with van der Waals surface area (Å²) in [6.45, 7) is 2.17. The molecule has 1 fully saturated rings. The minimum atomic E-state index is -3.91. The largest absolute Gasteiger partial charge is 0.301 e. The van der Waals surface area contributed by atoms with Gasteiger partial charge in [-0.25, -0.2) is 22.8 Å². The van der Waals surface area contributed by atoms with Gasteiger partial charge in [0.1, 0.15) is 17.4 Å². The van der Waals surface area contributed by atoms with Crippen LogP contribution in [0, 0.1) is 12.7 Å². The second-order valence-corrected chi connectivity index (χ2v) is 11.4. The minimum absolute atomic E-state index is 0.0325.